The van der Waals surface area contributed by atoms with Gasteiger partial charge in [-0.15, -0.1) is 0 Å². The molecule has 0 radical (unpaired) electrons. The zero-order valence-electron chi connectivity index (χ0n) is 37.1. The Morgan fingerprint density at radius 2 is 1.63 bits per heavy atom. The molecule has 20 heteroatoms. The van der Waals surface area contributed by atoms with Gasteiger partial charge in [0, 0.05) is 13.0 Å². The standard InChI is InChI=1S/C43H61N7O12S/c1-25-17-30(22-51)26(2)27(3)36(25)63(58,59)50-40(44)45-16-12-15-31-38(56)49-43(23-60-42(7,8)61-24-43)39(57)48-32(18-28-13-10-9-11-14-28)33(52)19-29(20-35(54)62-41(4,5)6)37(55)46-21-34(53)47-31/h9-11,13-14,17,29,31-32,51H,12,15-16,18-24H2,1-8H3,(H,46,55)(H,47,53)(H,48,57)(H,49,56)(H3,44,45,50)/t29-,31-,32+/m0/s1. The van der Waals surface area contributed by atoms with Crippen molar-refractivity contribution >= 4 is 51.4 Å². The summed E-state index contributed by atoms with van der Waals surface area (Å²) in [7, 11) is -4.20. The van der Waals surface area contributed by atoms with Crippen LogP contribution >= 0.6 is 0 Å². The van der Waals surface area contributed by atoms with Gasteiger partial charge in [-0.1, -0.05) is 36.4 Å². The Labute approximate surface area is 368 Å². The number of Topliss-reactive ketones (excluding diaryl/α,β-unsaturated/α-hetero) is 1. The van der Waals surface area contributed by atoms with Crippen LogP contribution in [-0.4, -0.2) is 110 Å². The Bertz CT molecular complexity index is 2180. The van der Waals surface area contributed by atoms with E-state index in [1.807, 2.05) is 0 Å². The Kier molecular flexibility index (Phi) is 16.6. The zero-order chi connectivity index (χ0) is 46.9. The Balaban J connectivity index is 1.64. The lowest BCUT2D eigenvalue weighted by Gasteiger charge is -2.43. The number of esters is 1. The number of sulfonamides is 1. The van der Waals surface area contributed by atoms with Crippen LogP contribution in [0.2, 0.25) is 0 Å². The molecule has 0 aromatic heterocycles. The van der Waals surface area contributed by atoms with Gasteiger partial charge >= 0.3 is 5.97 Å². The minimum Gasteiger partial charge on any atom is -0.460 e. The molecule has 2 aliphatic rings. The third-order valence-electron chi connectivity index (χ3n) is 10.6. The predicted octanol–water partition coefficient (Wildman–Crippen LogP) is 0.765. The second kappa shape index (κ2) is 20.8. The number of nitrogens with one attached hydrogen (secondary N) is 5. The fraction of sp³-hybridized carbons (Fsp3) is 0.558. The van der Waals surface area contributed by atoms with Gasteiger partial charge in [0.25, 0.3) is 15.9 Å². The summed E-state index contributed by atoms with van der Waals surface area (Å²) in [6.45, 7) is 11.3. The fourth-order valence-electron chi connectivity index (χ4n) is 7.14. The number of hydrogen-bond acceptors (Lipinski definition) is 13. The van der Waals surface area contributed by atoms with E-state index in [9.17, 15) is 42.3 Å². The first-order valence-corrected chi connectivity index (χ1v) is 22.1. The largest absolute Gasteiger partial charge is 0.460 e. The number of aryl methyl sites for hydroxylation is 1. The van der Waals surface area contributed by atoms with Crippen molar-refractivity contribution in [3.8, 4) is 0 Å². The molecule has 4 rings (SSSR count). The molecular formula is C43H61N7O12S. The first kappa shape index (κ1) is 50.2. The van der Waals surface area contributed by atoms with Crippen molar-refractivity contribution in [2.75, 3.05) is 26.3 Å². The van der Waals surface area contributed by atoms with Gasteiger partial charge in [0.2, 0.25) is 23.7 Å². The average Bonchev–Trinajstić information content (AvgIpc) is 3.18. The number of nitrogens with two attached hydrogens (primary N) is 1. The molecule has 2 aromatic carbocycles. The number of hydrogen-bond donors (Lipinski definition) is 7. The maximum absolute atomic E-state index is 14.4. The molecule has 19 nitrogen and oxygen atoms in total. The van der Waals surface area contributed by atoms with Gasteiger partial charge in [-0.3, -0.25) is 33.8 Å². The lowest BCUT2D eigenvalue weighted by Crippen LogP contribution is -2.71. The fourth-order valence-corrected chi connectivity index (χ4v) is 8.62. The van der Waals surface area contributed by atoms with E-state index in [2.05, 4.69) is 31.0 Å². The van der Waals surface area contributed by atoms with Crippen molar-refractivity contribution in [1.29, 1.82) is 0 Å². The molecule has 2 aromatic rings. The third kappa shape index (κ3) is 14.0. The normalized spacial score (nSPS) is 21.6. The van der Waals surface area contributed by atoms with Gasteiger partial charge in [-0.2, -0.15) is 0 Å². The minimum absolute atomic E-state index is 0.0128. The van der Waals surface area contributed by atoms with Crippen LogP contribution in [0.3, 0.4) is 0 Å². The number of nitrogens with zero attached hydrogens (tertiary/aromatic N) is 1. The van der Waals surface area contributed by atoms with E-state index < -0.39 is 119 Å². The highest BCUT2D eigenvalue weighted by Crippen LogP contribution is 2.27. The third-order valence-corrected chi connectivity index (χ3v) is 12.2. The summed E-state index contributed by atoms with van der Waals surface area (Å²) >= 11 is 0. The van der Waals surface area contributed by atoms with Crippen LogP contribution in [-0.2, 0) is 66.0 Å². The van der Waals surface area contributed by atoms with E-state index in [1.165, 1.54) is 0 Å². The number of ketones is 1. The van der Waals surface area contributed by atoms with Crippen molar-refractivity contribution in [2.45, 2.75) is 128 Å². The molecule has 0 aliphatic carbocycles. The van der Waals surface area contributed by atoms with E-state index in [4.69, 9.17) is 19.9 Å². The molecule has 0 saturated carbocycles. The molecule has 346 valence electrons. The molecule has 1 spiro atoms. The second-order valence-corrected chi connectivity index (χ2v) is 19.0. The quantitative estimate of drug-likeness (QED) is 0.0711. The molecule has 3 atom stereocenters. The highest BCUT2D eigenvalue weighted by Gasteiger charge is 2.49. The first-order valence-electron chi connectivity index (χ1n) is 20.6. The van der Waals surface area contributed by atoms with Crippen molar-refractivity contribution in [1.82, 2.24) is 26.0 Å². The van der Waals surface area contributed by atoms with Crippen molar-refractivity contribution in [3.63, 3.8) is 0 Å². The number of aliphatic hydroxyl groups is 1. The van der Waals surface area contributed by atoms with Crippen LogP contribution in [0.1, 0.15) is 88.1 Å². The number of rotatable bonds is 11. The smallest absolute Gasteiger partial charge is 0.307 e. The number of aliphatic hydroxyl groups excluding tert-OH is 1. The molecular weight excluding hydrogens is 839 g/mol. The maximum atomic E-state index is 14.4. The van der Waals surface area contributed by atoms with Gasteiger partial charge in [0.1, 0.15) is 11.6 Å². The molecule has 2 aliphatic heterocycles. The van der Waals surface area contributed by atoms with Crippen LogP contribution in [0.5, 0.6) is 0 Å². The SMILES string of the molecule is Cc1cc(CO)c(C)c(C)c1S(=O)(=O)NC(N)=NCCC[C@@H]1NC(=O)CNC(=O)[C@H](CC(=O)OC(C)(C)C)CC(=O)[C@@H](Cc2ccccc2)NC(=O)C2(COC(C)(C)OC2)NC1=O. The maximum Gasteiger partial charge on any atom is 0.307 e. The Hall–Kier alpha value is -5.44. The molecule has 2 heterocycles. The summed E-state index contributed by atoms with van der Waals surface area (Å²) in [5.41, 5.74) is 5.87. The van der Waals surface area contributed by atoms with E-state index >= 15 is 0 Å². The van der Waals surface area contributed by atoms with E-state index in [1.54, 1.807) is 91.8 Å². The van der Waals surface area contributed by atoms with E-state index in [0.29, 0.717) is 27.8 Å². The highest BCUT2D eigenvalue weighted by molar-refractivity contribution is 7.90. The number of benzene rings is 2. The summed E-state index contributed by atoms with van der Waals surface area (Å²) in [6.07, 6.45) is -1.10. The van der Waals surface area contributed by atoms with Crippen LogP contribution in [0.4, 0.5) is 0 Å². The van der Waals surface area contributed by atoms with Crippen molar-refractivity contribution in [3.05, 3.63) is 64.2 Å². The number of amides is 4. The number of aliphatic imine (C=N–C) groups is 1. The molecule has 63 heavy (non-hydrogen) atoms. The van der Waals surface area contributed by atoms with E-state index in [-0.39, 0.29) is 37.3 Å². The van der Waals surface area contributed by atoms with Crippen LogP contribution in [0.25, 0.3) is 0 Å². The molecule has 8 N–H and O–H groups in total. The Morgan fingerprint density at radius 3 is 2.25 bits per heavy atom. The number of guanidine groups is 1. The van der Waals surface area contributed by atoms with E-state index in [0.717, 1.165) is 0 Å². The summed E-state index contributed by atoms with van der Waals surface area (Å²) in [4.78, 5) is 86.9. The number of carbonyl (C=O) groups excluding carboxylic acids is 6. The van der Waals surface area contributed by atoms with Gasteiger partial charge < -0.3 is 46.3 Å². The van der Waals surface area contributed by atoms with Crippen LogP contribution in [0.15, 0.2) is 46.3 Å². The molecule has 0 bridgehead atoms. The van der Waals surface area contributed by atoms with Gasteiger partial charge in [0.15, 0.2) is 17.1 Å². The lowest BCUT2D eigenvalue weighted by molar-refractivity contribution is -0.267. The minimum atomic E-state index is -4.20. The van der Waals surface area contributed by atoms with Crippen LogP contribution in [0, 0.1) is 26.7 Å². The lowest BCUT2D eigenvalue weighted by atomic mass is 9.90. The summed E-state index contributed by atoms with van der Waals surface area (Å²) in [5, 5.41) is 20.2. The summed E-state index contributed by atoms with van der Waals surface area (Å²) < 4.78 is 46.2. The van der Waals surface area contributed by atoms with Gasteiger partial charge in [-0.05, 0) is 102 Å². The zero-order valence-corrected chi connectivity index (χ0v) is 38.0. The van der Waals surface area contributed by atoms with Gasteiger partial charge in [-0.25, -0.2) is 13.1 Å². The summed E-state index contributed by atoms with van der Waals surface area (Å²) in [6, 6.07) is 7.76. The molecule has 4 amide bonds. The number of carbonyl (C=O) groups is 6. The average molecular weight is 900 g/mol. The highest BCUT2D eigenvalue weighted by atomic mass is 32.2. The predicted molar refractivity (Wildman–Crippen MR) is 230 cm³/mol. The molecule has 0 unspecified atom stereocenters. The first-order chi connectivity index (χ1) is 29.3. The topological polar surface area (TPSA) is 283 Å². The number of ether oxygens (including phenoxy) is 3. The Morgan fingerprint density at radius 1 is 0.984 bits per heavy atom. The molecule has 2 fully saturated rings. The van der Waals surface area contributed by atoms with Crippen molar-refractivity contribution in [2.24, 2.45) is 16.6 Å². The van der Waals surface area contributed by atoms with Crippen LogP contribution < -0.4 is 31.7 Å². The van der Waals surface area contributed by atoms with Gasteiger partial charge in [0.05, 0.1) is 49.6 Å². The monoisotopic (exact) mass is 899 g/mol. The van der Waals surface area contributed by atoms with Crippen molar-refractivity contribution < 1.29 is 56.5 Å². The molecule has 2 saturated heterocycles. The second-order valence-electron chi connectivity index (χ2n) is 17.4. The summed E-state index contributed by atoms with van der Waals surface area (Å²) in [5.74, 6) is -7.57.